The molecule has 0 amide bonds. The molecule has 0 aliphatic rings. The van der Waals surface area contributed by atoms with Gasteiger partial charge in [-0.05, 0) is 4.92 Å². The molecule has 0 bridgehead atoms. The van der Waals surface area contributed by atoms with Crippen LogP contribution in [0.1, 0.15) is 10.5 Å². The summed E-state index contributed by atoms with van der Waals surface area (Å²) in [6, 6.07) is 0.466. The molecule has 1 N–H and O–H groups in total. The third kappa shape index (κ3) is 2.68. The van der Waals surface area contributed by atoms with E-state index in [9.17, 15) is 28.1 Å². The van der Waals surface area contributed by atoms with E-state index < -0.39 is 35.1 Å². The van der Waals surface area contributed by atoms with E-state index in [1.165, 1.54) is 0 Å². The van der Waals surface area contributed by atoms with Gasteiger partial charge in [-0.2, -0.15) is 13.2 Å². The number of rotatable bonds is 3. The highest BCUT2D eigenvalue weighted by Gasteiger charge is 2.35. The first-order valence-corrected chi connectivity index (χ1v) is 3.73. The number of hydrogen-bond acceptors (Lipinski definition) is 4. The molecule has 0 aliphatic carbocycles. The summed E-state index contributed by atoms with van der Waals surface area (Å²) in [5, 5.41) is 21.7. The molecule has 0 aromatic carbocycles. The first-order chi connectivity index (χ1) is 7.20. The minimum absolute atomic E-state index is 0.0105. The molecule has 7 nitrogen and oxygen atoms in total. The second-order valence-electron chi connectivity index (χ2n) is 2.72. The normalized spacial score (nSPS) is 11.4. The van der Waals surface area contributed by atoms with Crippen LogP contribution >= 0.6 is 0 Å². The SMILES string of the molecule is O=C(O)c1cc([N+](=O)[O-])n(CC(F)(F)F)n1. The second kappa shape index (κ2) is 3.79. The highest BCUT2D eigenvalue weighted by atomic mass is 19.4. The maximum absolute atomic E-state index is 12.0. The standard InChI is InChI=1S/C6H4F3N3O4/c7-6(8,9)2-11-4(12(15)16)1-3(10-11)5(13)14/h1H,2H2,(H,13,14). The molecular formula is C6H4F3N3O4. The number of aromatic carboxylic acids is 1. The van der Waals surface area contributed by atoms with Gasteiger partial charge in [-0.3, -0.25) is 0 Å². The zero-order valence-corrected chi connectivity index (χ0v) is 7.43. The lowest BCUT2D eigenvalue weighted by Gasteiger charge is -2.02. The van der Waals surface area contributed by atoms with Crippen LogP contribution in [0, 0.1) is 10.1 Å². The molecule has 0 radical (unpaired) electrons. The van der Waals surface area contributed by atoms with Crippen LogP contribution in [0.3, 0.4) is 0 Å². The lowest BCUT2D eigenvalue weighted by Crippen LogP contribution is -2.20. The Morgan fingerprint density at radius 2 is 2.19 bits per heavy atom. The van der Waals surface area contributed by atoms with Crippen molar-refractivity contribution in [2.45, 2.75) is 12.7 Å². The molecule has 0 atom stereocenters. The zero-order valence-electron chi connectivity index (χ0n) is 7.43. The van der Waals surface area contributed by atoms with Gasteiger partial charge in [0.25, 0.3) is 0 Å². The summed E-state index contributed by atoms with van der Waals surface area (Å²) in [5.41, 5.74) is -0.809. The lowest BCUT2D eigenvalue weighted by atomic mass is 10.4. The Balaban J connectivity index is 3.15. The van der Waals surface area contributed by atoms with Gasteiger partial charge in [-0.15, -0.1) is 4.68 Å². The van der Waals surface area contributed by atoms with Crippen molar-refractivity contribution in [1.29, 1.82) is 0 Å². The Morgan fingerprint density at radius 3 is 2.56 bits per heavy atom. The molecule has 1 heterocycles. The molecule has 1 aromatic heterocycles. The van der Waals surface area contributed by atoms with Crippen molar-refractivity contribution >= 4 is 11.8 Å². The van der Waals surface area contributed by atoms with E-state index >= 15 is 0 Å². The molecular weight excluding hydrogens is 235 g/mol. The average molecular weight is 239 g/mol. The highest BCUT2D eigenvalue weighted by Crippen LogP contribution is 2.22. The van der Waals surface area contributed by atoms with Gasteiger partial charge in [0.2, 0.25) is 6.54 Å². The van der Waals surface area contributed by atoms with E-state index in [1.807, 2.05) is 0 Å². The number of hydrogen-bond donors (Lipinski definition) is 1. The van der Waals surface area contributed by atoms with Gasteiger partial charge in [0.1, 0.15) is 0 Å². The number of carbonyl (C=O) groups is 1. The Morgan fingerprint density at radius 1 is 1.62 bits per heavy atom. The monoisotopic (exact) mass is 239 g/mol. The highest BCUT2D eigenvalue weighted by molar-refractivity contribution is 5.85. The summed E-state index contributed by atoms with van der Waals surface area (Å²) < 4.78 is 35.9. The second-order valence-corrected chi connectivity index (χ2v) is 2.72. The van der Waals surface area contributed by atoms with E-state index in [-0.39, 0.29) is 4.68 Å². The van der Waals surface area contributed by atoms with Crippen molar-refractivity contribution in [1.82, 2.24) is 9.78 Å². The maximum Gasteiger partial charge on any atom is 0.428 e. The van der Waals surface area contributed by atoms with Gasteiger partial charge in [0.15, 0.2) is 5.69 Å². The minimum atomic E-state index is -4.72. The van der Waals surface area contributed by atoms with Crippen molar-refractivity contribution in [2.24, 2.45) is 0 Å². The largest absolute Gasteiger partial charge is 0.476 e. The van der Waals surface area contributed by atoms with Gasteiger partial charge >= 0.3 is 18.0 Å². The molecule has 10 heteroatoms. The summed E-state index contributed by atoms with van der Waals surface area (Å²) in [6.07, 6.45) is -4.72. The Kier molecular flexibility index (Phi) is 2.83. The van der Waals surface area contributed by atoms with Crippen LogP contribution in [-0.4, -0.2) is 32.0 Å². The predicted molar refractivity (Wildman–Crippen MR) is 41.9 cm³/mol. The number of nitrogens with zero attached hydrogens (tertiary/aromatic N) is 3. The summed E-state index contributed by atoms with van der Waals surface area (Å²) in [7, 11) is 0. The third-order valence-corrected chi connectivity index (χ3v) is 1.49. The van der Waals surface area contributed by atoms with E-state index in [2.05, 4.69) is 5.10 Å². The minimum Gasteiger partial charge on any atom is -0.476 e. The number of carboxylic acids is 1. The van der Waals surface area contributed by atoms with Crippen LogP contribution < -0.4 is 0 Å². The number of alkyl halides is 3. The summed E-state index contributed by atoms with van der Waals surface area (Å²) in [5.74, 6) is -2.65. The average Bonchev–Trinajstić information content (AvgIpc) is 2.44. The van der Waals surface area contributed by atoms with Crippen LogP contribution in [0.15, 0.2) is 6.07 Å². The van der Waals surface area contributed by atoms with Crippen molar-refractivity contribution in [3.05, 3.63) is 21.9 Å². The Hall–Kier alpha value is -2.13. The quantitative estimate of drug-likeness (QED) is 0.627. The van der Waals surface area contributed by atoms with E-state index in [4.69, 9.17) is 5.11 Å². The number of carboxylic acid groups (broad SMARTS) is 1. The fourth-order valence-corrected chi connectivity index (χ4v) is 0.945. The molecule has 1 aromatic rings. The van der Waals surface area contributed by atoms with Crippen LogP contribution in [0.2, 0.25) is 0 Å². The van der Waals surface area contributed by atoms with Crippen LogP contribution in [0.25, 0.3) is 0 Å². The zero-order chi connectivity index (χ0) is 12.5. The Bertz CT molecular complexity index is 439. The van der Waals surface area contributed by atoms with Gasteiger partial charge in [-0.25, -0.2) is 4.79 Å². The van der Waals surface area contributed by atoms with Gasteiger partial charge < -0.3 is 15.2 Å². The van der Waals surface area contributed by atoms with Crippen LogP contribution in [-0.2, 0) is 6.54 Å². The van der Waals surface area contributed by atoms with Crippen molar-refractivity contribution < 1.29 is 28.0 Å². The van der Waals surface area contributed by atoms with Crippen molar-refractivity contribution in [2.75, 3.05) is 0 Å². The number of nitro groups is 1. The lowest BCUT2D eigenvalue weighted by molar-refractivity contribution is -0.393. The fourth-order valence-electron chi connectivity index (χ4n) is 0.945. The molecule has 0 spiro atoms. The molecule has 1 rings (SSSR count). The van der Waals surface area contributed by atoms with Crippen molar-refractivity contribution in [3.8, 4) is 0 Å². The van der Waals surface area contributed by atoms with Crippen LogP contribution in [0.5, 0.6) is 0 Å². The molecule has 16 heavy (non-hydrogen) atoms. The summed E-state index contributed by atoms with van der Waals surface area (Å²) in [6.45, 7) is -1.71. The molecule has 0 fully saturated rings. The summed E-state index contributed by atoms with van der Waals surface area (Å²) in [4.78, 5) is 19.6. The van der Waals surface area contributed by atoms with E-state index in [0.717, 1.165) is 0 Å². The molecule has 0 unspecified atom stereocenters. The molecule has 0 saturated carbocycles. The first kappa shape index (κ1) is 11.9. The van der Waals surface area contributed by atoms with E-state index in [1.54, 1.807) is 0 Å². The van der Waals surface area contributed by atoms with Gasteiger partial charge in [0, 0.05) is 0 Å². The molecule has 0 saturated heterocycles. The molecule has 88 valence electrons. The Labute approximate surface area is 85.2 Å². The van der Waals surface area contributed by atoms with Crippen molar-refractivity contribution in [3.63, 3.8) is 0 Å². The number of aromatic nitrogens is 2. The van der Waals surface area contributed by atoms with Crippen LogP contribution in [0.4, 0.5) is 19.0 Å². The summed E-state index contributed by atoms with van der Waals surface area (Å²) >= 11 is 0. The molecule has 0 aliphatic heterocycles. The predicted octanol–water partition coefficient (Wildman–Crippen LogP) is 1.05. The smallest absolute Gasteiger partial charge is 0.428 e. The fraction of sp³-hybridized carbons (Fsp3) is 0.333. The van der Waals surface area contributed by atoms with E-state index in [0.29, 0.717) is 6.07 Å². The van der Waals surface area contributed by atoms with Gasteiger partial charge in [-0.1, -0.05) is 5.10 Å². The topological polar surface area (TPSA) is 98.3 Å². The first-order valence-electron chi connectivity index (χ1n) is 3.73. The number of halogens is 3. The van der Waals surface area contributed by atoms with Gasteiger partial charge in [0.05, 0.1) is 6.07 Å². The third-order valence-electron chi connectivity index (χ3n) is 1.49. The maximum atomic E-state index is 12.0.